The van der Waals surface area contributed by atoms with E-state index in [1.807, 2.05) is 20.8 Å². The van der Waals surface area contributed by atoms with Crippen molar-refractivity contribution in [3.63, 3.8) is 0 Å². The molecule has 1 aliphatic heterocycles. The van der Waals surface area contributed by atoms with Crippen LogP contribution < -0.4 is 5.73 Å². The van der Waals surface area contributed by atoms with E-state index in [4.69, 9.17) is 15.2 Å². The molecule has 0 saturated carbocycles. The highest BCUT2D eigenvalue weighted by Crippen LogP contribution is 2.20. The molecule has 0 aromatic carbocycles. The topological polar surface area (TPSA) is 61.6 Å². The quantitative estimate of drug-likeness (QED) is 0.700. The third kappa shape index (κ3) is 3.80. The molecule has 4 heteroatoms. The number of hydrogen-bond donors (Lipinski definition) is 1. The van der Waals surface area contributed by atoms with Crippen LogP contribution in [-0.4, -0.2) is 31.3 Å². The van der Waals surface area contributed by atoms with Crippen LogP contribution >= 0.6 is 0 Å². The van der Waals surface area contributed by atoms with Crippen LogP contribution in [0.2, 0.25) is 0 Å². The smallest absolute Gasteiger partial charge is 0.323 e. The zero-order valence-corrected chi connectivity index (χ0v) is 9.79. The fourth-order valence-corrected chi connectivity index (χ4v) is 1.38. The molecule has 0 aromatic rings. The van der Waals surface area contributed by atoms with Crippen LogP contribution in [0.1, 0.15) is 33.6 Å². The van der Waals surface area contributed by atoms with Crippen LogP contribution in [0.4, 0.5) is 0 Å². The largest absolute Gasteiger partial charge is 0.461 e. The van der Waals surface area contributed by atoms with E-state index in [-0.39, 0.29) is 17.5 Å². The number of hydrogen-bond acceptors (Lipinski definition) is 4. The Morgan fingerprint density at radius 3 is 2.40 bits per heavy atom. The van der Waals surface area contributed by atoms with Crippen LogP contribution in [0, 0.1) is 5.41 Å². The highest BCUT2D eigenvalue weighted by Gasteiger charge is 2.30. The third-order valence-corrected chi connectivity index (χ3v) is 2.64. The van der Waals surface area contributed by atoms with Gasteiger partial charge in [0.25, 0.3) is 0 Å². The van der Waals surface area contributed by atoms with Crippen molar-refractivity contribution in [2.24, 2.45) is 11.1 Å². The molecule has 2 N–H and O–H groups in total. The summed E-state index contributed by atoms with van der Waals surface area (Å²) in [7, 11) is 0. The fraction of sp³-hybridized carbons (Fsp3) is 0.909. The molecule has 1 rings (SSSR count). The van der Waals surface area contributed by atoms with Crippen molar-refractivity contribution >= 4 is 5.97 Å². The minimum atomic E-state index is -0.555. The molecule has 0 aliphatic carbocycles. The average Bonchev–Trinajstić information content (AvgIpc) is 2.16. The Labute approximate surface area is 91.1 Å². The van der Waals surface area contributed by atoms with E-state index in [9.17, 15) is 4.79 Å². The van der Waals surface area contributed by atoms with E-state index in [1.54, 1.807) is 0 Å². The molecule has 1 unspecified atom stereocenters. The Morgan fingerprint density at radius 2 is 1.93 bits per heavy atom. The van der Waals surface area contributed by atoms with Gasteiger partial charge in [-0.3, -0.25) is 4.79 Å². The van der Waals surface area contributed by atoms with E-state index in [2.05, 4.69) is 0 Å². The molecule has 0 spiro atoms. The van der Waals surface area contributed by atoms with Crippen molar-refractivity contribution in [2.45, 2.75) is 45.8 Å². The Bertz CT molecular complexity index is 216. The predicted octanol–water partition coefficient (Wildman–Crippen LogP) is 1.08. The number of carbonyl (C=O) groups is 1. The Kier molecular flexibility index (Phi) is 4.11. The molecule has 1 fully saturated rings. The van der Waals surface area contributed by atoms with Gasteiger partial charge in [-0.15, -0.1) is 0 Å². The second kappa shape index (κ2) is 4.94. The fourth-order valence-electron chi connectivity index (χ4n) is 1.38. The van der Waals surface area contributed by atoms with Gasteiger partial charge < -0.3 is 15.2 Å². The highest BCUT2D eigenvalue weighted by molar-refractivity contribution is 5.76. The summed E-state index contributed by atoms with van der Waals surface area (Å²) in [6.45, 7) is 7.14. The lowest BCUT2D eigenvalue weighted by Crippen LogP contribution is -2.45. The molecule has 1 atom stereocenters. The molecule has 4 nitrogen and oxygen atoms in total. The van der Waals surface area contributed by atoms with Gasteiger partial charge in [0.05, 0.1) is 13.2 Å². The van der Waals surface area contributed by atoms with Gasteiger partial charge in [0, 0.05) is 12.8 Å². The second-order valence-electron chi connectivity index (χ2n) is 5.09. The summed E-state index contributed by atoms with van der Waals surface area (Å²) in [6, 6.07) is -0.555. The van der Waals surface area contributed by atoms with Gasteiger partial charge in [-0.2, -0.15) is 0 Å². The Morgan fingerprint density at radius 1 is 1.40 bits per heavy atom. The lowest BCUT2D eigenvalue weighted by Gasteiger charge is -2.28. The van der Waals surface area contributed by atoms with Gasteiger partial charge in [-0.25, -0.2) is 0 Å². The van der Waals surface area contributed by atoms with Gasteiger partial charge in [0.2, 0.25) is 0 Å². The van der Waals surface area contributed by atoms with Gasteiger partial charge in [0.1, 0.15) is 12.1 Å². The summed E-state index contributed by atoms with van der Waals surface area (Å²) in [5.41, 5.74) is 5.56. The molecule has 0 amide bonds. The van der Waals surface area contributed by atoms with Crippen molar-refractivity contribution in [1.82, 2.24) is 0 Å². The number of ether oxygens (including phenoxy) is 2. The minimum absolute atomic E-state index is 0.0142. The molecule has 1 aliphatic rings. The first-order valence-corrected chi connectivity index (χ1v) is 5.45. The second-order valence-corrected chi connectivity index (χ2v) is 5.09. The Hall–Kier alpha value is -0.610. The lowest BCUT2D eigenvalue weighted by molar-refractivity contribution is -0.157. The first kappa shape index (κ1) is 12.5. The van der Waals surface area contributed by atoms with Crippen molar-refractivity contribution in [3.05, 3.63) is 0 Å². The maximum absolute atomic E-state index is 11.7. The van der Waals surface area contributed by atoms with E-state index >= 15 is 0 Å². The van der Waals surface area contributed by atoms with Crippen molar-refractivity contribution in [3.8, 4) is 0 Å². The first-order valence-electron chi connectivity index (χ1n) is 5.45. The Balaban J connectivity index is 2.40. The summed E-state index contributed by atoms with van der Waals surface area (Å²) in [5, 5.41) is 0. The molecule has 1 saturated heterocycles. The van der Waals surface area contributed by atoms with Crippen LogP contribution in [-0.2, 0) is 14.3 Å². The molecular weight excluding hydrogens is 194 g/mol. The van der Waals surface area contributed by atoms with Gasteiger partial charge >= 0.3 is 5.97 Å². The predicted molar refractivity (Wildman–Crippen MR) is 57.4 cm³/mol. The zero-order valence-electron chi connectivity index (χ0n) is 9.79. The molecule has 15 heavy (non-hydrogen) atoms. The molecular formula is C11H21NO3. The van der Waals surface area contributed by atoms with Crippen LogP contribution in [0.25, 0.3) is 0 Å². The third-order valence-electron chi connectivity index (χ3n) is 2.64. The van der Waals surface area contributed by atoms with Gasteiger partial charge in [0.15, 0.2) is 0 Å². The maximum atomic E-state index is 11.7. The molecule has 0 bridgehead atoms. The molecule has 0 radical (unpaired) electrons. The first-order chi connectivity index (χ1) is 6.91. The normalized spacial score (nSPS) is 21.1. The van der Waals surface area contributed by atoms with E-state index in [0.29, 0.717) is 13.2 Å². The monoisotopic (exact) mass is 215 g/mol. The average molecular weight is 215 g/mol. The van der Waals surface area contributed by atoms with Gasteiger partial charge in [-0.05, 0) is 5.41 Å². The summed E-state index contributed by atoms with van der Waals surface area (Å²) in [5.74, 6) is -0.297. The van der Waals surface area contributed by atoms with E-state index in [1.165, 1.54) is 0 Å². The molecule has 0 aromatic heterocycles. The van der Waals surface area contributed by atoms with Crippen LogP contribution in [0.15, 0.2) is 0 Å². The zero-order chi connectivity index (χ0) is 11.5. The van der Waals surface area contributed by atoms with Crippen LogP contribution in [0.5, 0.6) is 0 Å². The number of esters is 1. The summed E-state index contributed by atoms with van der Waals surface area (Å²) in [4.78, 5) is 11.7. The SMILES string of the molecule is CC(C)(C)C(N)C(=O)OC1CCOCC1. The maximum Gasteiger partial charge on any atom is 0.323 e. The molecule has 1 heterocycles. The minimum Gasteiger partial charge on any atom is -0.461 e. The number of rotatable bonds is 2. The lowest BCUT2D eigenvalue weighted by atomic mass is 9.87. The summed E-state index contributed by atoms with van der Waals surface area (Å²) in [6.07, 6.45) is 1.55. The standard InChI is InChI=1S/C11H21NO3/c1-11(2,3)9(12)10(13)15-8-4-6-14-7-5-8/h8-9H,4-7,12H2,1-3H3. The van der Waals surface area contributed by atoms with Gasteiger partial charge in [-0.1, -0.05) is 20.8 Å². The van der Waals surface area contributed by atoms with Crippen molar-refractivity contribution in [2.75, 3.05) is 13.2 Å². The summed E-state index contributed by atoms with van der Waals surface area (Å²) < 4.78 is 10.5. The van der Waals surface area contributed by atoms with Crippen molar-refractivity contribution in [1.29, 1.82) is 0 Å². The van der Waals surface area contributed by atoms with Crippen LogP contribution in [0.3, 0.4) is 0 Å². The van der Waals surface area contributed by atoms with Crippen molar-refractivity contribution < 1.29 is 14.3 Å². The van der Waals surface area contributed by atoms with E-state index in [0.717, 1.165) is 12.8 Å². The summed E-state index contributed by atoms with van der Waals surface area (Å²) >= 11 is 0. The van der Waals surface area contributed by atoms with E-state index < -0.39 is 6.04 Å². The number of carbonyl (C=O) groups excluding carboxylic acids is 1. The number of nitrogens with two attached hydrogens (primary N) is 1. The molecule has 88 valence electrons. The highest BCUT2D eigenvalue weighted by atomic mass is 16.6.